The summed E-state index contributed by atoms with van der Waals surface area (Å²) in [5.41, 5.74) is 2.28. The summed E-state index contributed by atoms with van der Waals surface area (Å²) in [7, 11) is -4.34. The molecule has 0 atom stereocenters. The molecular weight excluding hydrogens is 514 g/mol. The molecule has 0 aliphatic rings. The van der Waals surface area contributed by atoms with Gasteiger partial charge in [0.25, 0.3) is 15.9 Å². The van der Waals surface area contributed by atoms with Crippen molar-refractivity contribution in [1.82, 2.24) is 0 Å². The first-order chi connectivity index (χ1) is 18.8. The third-order valence-electron chi connectivity index (χ3n) is 6.19. The lowest BCUT2D eigenvalue weighted by molar-refractivity contribution is 0.0528. The van der Waals surface area contributed by atoms with E-state index in [1.165, 1.54) is 24.3 Å². The van der Waals surface area contributed by atoms with Crippen LogP contribution < -0.4 is 4.31 Å². The largest absolute Gasteiger partial charge is 0.462 e. The van der Waals surface area contributed by atoms with Gasteiger partial charge in [0.05, 0.1) is 17.2 Å². The summed E-state index contributed by atoms with van der Waals surface area (Å²) in [5, 5.41) is 0.328. The van der Waals surface area contributed by atoms with Crippen LogP contribution in [0.3, 0.4) is 0 Å². The van der Waals surface area contributed by atoms with Crippen molar-refractivity contribution < 1.29 is 27.2 Å². The van der Waals surface area contributed by atoms with Crippen LogP contribution in [0.1, 0.15) is 33.2 Å². The van der Waals surface area contributed by atoms with E-state index in [-0.39, 0.29) is 28.3 Å². The van der Waals surface area contributed by atoms with Gasteiger partial charge in [-0.25, -0.2) is 13.2 Å². The number of furan rings is 1. The molecule has 0 radical (unpaired) electrons. The molecular formula is C31H25NO6S. The zero-order valence-electron chi connectivity index (χ0n) is 21.3. The average molecular weight is 540 g/mol. The summed E-state index contributed by atoms with van der Waals surface area (Å²) >= 11 is 0. The van der Waals surface area contributed by atoms with Crippen LogP contribution in [0.15, 0.2) is 112 Å². The average Bonchev–Trinajstić information content (AvgIpc) is 3.33. The van der Waals surface area contributed by atoms with Crippen molar-refractivity contribution in [3.05, 3.63) is 120 Å². The van der Waals surface area contributed by atoms with E-state index >= 15 is 0 Å². The van der Waals surface area contributed by atoms with Gasteiger partial charge in [0, 0.05) is 16.5 Å². The number of ether oxygens (including phenoxy) is 1. The van der Waals surface area contributed by atoms with Gasteiger partial charge in [-0.15, -0.1) is 0 Å². The van der Waals surface area contributed by atoms with Gasteiger partial charge in [0.1, 0.15) is 16.9 Å². The highest BCUT2D eigenvalue weighted by Gasteiger charge is 2.33. The second-order valence-electron chi connectivity index (χ2n) is 8.83. The summed E-state index contributed by atoms with van der Waals surface area (Å²) in [5.74, 6) is -1.06. The molecule has 0 saturated carbocycles. The van der Waals surface area contributed by atoms with Crippen LogP contribution in [0, 0.1) is 6.92 Å². The number of fused-ring (bicyclic) bond motifs is 1. The smallest absolute Gasteiger partial charge is 0.342 e. The monoisotopic (exact) mass is 539 g/mol. The highest BCUT2D eigenvalue weighted by Crippen LogP contribution is 2.37. The molecule has 1 heterocycles. The van der Waals surface area contributed by atoms with Crippen molar-refractivity contribution in [3.63, 3.8) is 0 Å². The third kappa shape index (κ3) is 4.94. The number of aryl methyl sites for hydroxylation is 1. The molecule has 39 heavy (non-hydrogen) atoms. The second-order valence-corrected chi connectivity index (χ2v) is 10.6. The van der Waals surface area contributed by atoms with Crippen LogP contribution in [-0.4, -0.2) is 26.9 Å². The quantitative estimate of drug-likeness (QED) is 0.216. The minimum atomic E-state index is -4.34. The predicted octanol–water partition coefficient (Wildman–Crippen LogP) is 6.62. The Bertz CT molecular complexity index is 1760. The number of nitrogens with zero attached hydrogens (tertiary/aromatic N) is 1. The summed E-state index contributed by atoms with van der Waals surface area (Å²) in [6.45, 7) is 3.68. The Morgan fingerprint density at radius 3 is 2.13 bits per heavy atom. The highest BCUT2D eigenvalue weighted by atomic mass is 32.2. The van der Waals surface area contributed by atoms with Gasteiger partial charge in [-0.05, 0) is 56.3 Å². The molecule has 0 unspecified atom stereocenters. The van der Waals surface area contributed by atoms with Gasteiger partial charge in [0.15, 0.2) is 0 Å². The summed E-state index contributed by atoms with van der Waals surface area (Å²) in [6.07, 6.45) is 0. The van der Waals surface area contributed by atoms with Crippen LogP contribution in [-0.2, 0) is 14.8 Å². The third-order valence-corrected chi connectivity index (χ3v) is 7.91. The van der Waals surface area contributed by atoms with Gasteiger partial charge in [-0.2, -0.15) is 4.31 Å². The molecule has 196 valence electrons. The number of carbonyl (C=O) groups excluding carboxylic acids is 2. The number of anilines is 1. The van der Waals surface area contributed by atoms with Crippen molar-refractivity contribution in [3.8, 4) is 11.3 Å². The molecule has 0 aliphatic heterocycles. The van der Waals surface area contributed by atoms with Gasteiger partial charge in [-0.3, -0.25) is 4.79 Å². The minimum Gasteiger partial charge on any atom is -0.462 e. The molecule has 8 heteroatoms. The predicted molar refractivity (Wildman–Crippen MR) is 149 cm³/mol. The Hall–Kier alpha value is -4.69. The van der Waals surface area contributed by atoms with E-state index < -0.39 is 21.9 Å². The Balaban J connectivity index is 1.74. The van der Waals surface area contributed by atoms with Crippen molar-refractivity contribution in [2.24, 2.45) is 0 Å². The standard InChI is InChI=1S/C31H25NO6S/c1-3-37-31(34)28-26-20-24(16-19-27(26)38-29(28)22-10-6-4-7-11-22)32(30(33)23-12-8-5-9-13-23)39(35,36)25-17-14-21(2)15-18-25/h4-20H,3H2,1-2H3. The zero-order valence-corrected chi connectivity index (χ0v) is 22.1. The molecule has 5 rings (SSSR count). The maximum atomic E-state index is 13.9. The van der Waals surface area contributed by atoms with E-state index in [0.717, 1.165) is 9.87 Å². The lowest BCUT2D eigenvalue weighted by Crippen LogP contribution is -2.37. The van der Waals surface area contributed by atoms with E-state index in [9.17, 15) is 18.0 Å². The van der Waals surface area contributed by atoms with Crippen molar-refractivity contribution in [2.45, 2.75) is 18.7 Å². The number of sulfonamides is 1. The number of amides is 1. The number of hydrogen-bond acceptors (Lipinski definition) is 6. The molecule has 0 bridgehead atoms. The molecule has 0 N–H and O–H groups in total. The van der Waals surface area contributed by atoms with Gasteiger partial charge in [-0.1, -0.05) is 66.2 Å². The van der Waals surface area contributed by atoms with Crippen molar-refractivity contribution in [2.75, 3.05) is 10.9 Å². The minimum absolute atomic E-state index is 0.0414. The van der Waals surface area contributed by atoms with E-state index in [1.807, 2.05) is 25.1 Å². The first kappa shape index (κ1) is 25.9. The maximum Gasteiger partial charge on any atom is 0.342 e. The fourth-order valence-corrected chi connectivity index (χ4v) is 5.70. The lowest BCUT2D eigenvalue weighted by Gasteiger charge is -2.23. The second kappa shape index (κ2) is 10.6. The number of rotatable bonds is 7. The Morgan fingerprint density at radius 1 is 0.846 bits per heavy atom. The van der Waals surface area contributed by atoms with Crippen LogP contribution >= 0.6 is 0 Å². The summed E-state index contributed by atoms with van der Waals surface area (Å²) in [4.78, 5) is 26.8. The number of benzene rings is 4. The number of carbonyl (C=O) groups is 2. The SMILES string of the molecule is CCOC(=O)c1c(-c2ccccc2)oc2ccc(N(C(=O)c3ccccc3)S(=O)(=O)c3ccc(C)cc3)cc12. The van der Waals surface area contributed by atoms with Crippen molar-refractivity contribution in [1.29, 1.82) is 0 Å². The molecule has 0 aliphatic carbocycles. The fourth-order valence-electron chi connectivity index (χ4n) is 4.29. The maximum absolute atomic E-state index is 13.9. The van der Waals surface area contributed by atoms with Crippen molar-refractivity contribution >= 4 is 38.6 Å². The van der Waals surface area contributed by atoms with E-state index in [4.69, 9.17) is 9.15 Å². The van der Waals surface area contributed by atoms with Crippen LogP contribution in [0.5, 0.6) is 0 Å². The molecule has 0 fully saturated rings. The Kier molecular flexibility index (Phi) is 7.04. The number of esters is 1. The van der Waals surface area contributed by atoms with Gasteiger partial charge < -0.3 is 9.15 Å². The first-order valence-electron chi connectivity index (χ1n) is 12.3. The first-order valence-corrected chi connectivity index (χ1v) is 13.8. The van der Waals surface area contributed by atoms with Crippen LogP contribution in [0.4, 0.5) is 5.69 Å². The highest BCUT2D eigenvalue weighted by molar-refractivity contribution is 7.93. The molecule has 0 spiro atoms. The zero-order chi connectivity index (χ0) is 27.6. The van der Waals surface area contributed by atoms with Crippen LogP contribution in [0.2, 0.25) is 0 Å². The lowest BCUT2D eigenvalue weighted by atomic mass is 10.1. The van der Waals surface area contributed by atoms with E-state index in [0.29, 0.717) is 22.3 Å². The molecule has 5 aromatic rings. The number of hydrogen-bond donors (Lipinski definition) is 0. The molecule has 0 saturated heterocycles. The molecule has 7 nitrogen and oxygen atoms in total. The van der Waals surface area contributed by atoms with E-state index in [1.54, 1.807) is 67.6 Å². The normalized spacial score (nSPS) is 11.3. The van der Waals surface area contributed by atoms with E-state index in [2.05, 4.69) is 0 Å². The fraction of sp³-hybridized carbons (Fsp3) is 0.0968. The van der Waals surface area contributed by atoms with Crippen LogP contribution in [0.25, 0.3) is 22.3 Å². The topological polar surface area (TPSA) is 93.9 Å². The van der Waals surface area contributed by atoms with Gasteiger partial charge in [0.2, 0.25) is 0 Å². The summed E-state index contributed by atoms with van der Waals surface area (Å²) in [6, 6.07) is 28.0. The molecule has 4 aromatic carbocycles. The van der Waals surface area contributed by atoms with Gasteiger partial charge >= 0.3 is 5.97 Å². The Morgan fingerprint density at radius 2 is 1.49 bits per heavy atom. The molecule has 1 amide bonds. The Labute approximate surface area is 226 Å². The summed E-state index contributed by atoms with van der Waals surface area (Å²) < 4.78 is 40.0. The molecule has 1 aromatic heterocycles.